The van der Waals surface area contributed by atoms with E-state index in [-0.39, 0.29) is 12.5 Å². The summed E-state index contributed by atoms with van der Waals surface area (Å²) in [5, 5.41) is 3.38. The molecular formula is C20H25ClN2O3S. The van der Waals surface area contributed by atoms with Gasteiger partial charge in [0.2, 0.25) is 15.9 Å². The highest BCUT2D eigenvalue weighted by atomic mass is 35.5. The molecule has 2 rings (SSSR count). The van der Waals surface area contributed by atoms with Crippen LogP contribution in [0.5, 0.6) is 0 Å². The van der Waals surface area contributed by atoms with Crippen LogP contribution in [0.4, 0.5) is 5.69 Å². The van der Waals surface area contributed by atoms with Gasteiger partial charge in [0.25, 0.3) is 0 Å². The maximum Gasteiger partial charge on any atom is 0.241 e. The summed E-state index contributed by atoms with van der Waals surface area (Å²) in [5.41, 5.74) is 1.58. The highest BCUT2D eigenvalue weighted by molar-refractivity contribution is 7.92. The largest absolute Gasteiger partial charge is 0.349 e. The van der Waals surface area contributed by atoms with Gasteiger partial charge >= 0.3 is 0 Å². The number of nitrogens with zero attached hydrogens (tertiary/aromatic N) is 1. The van der Waals surface area contributed by atoms with Crippen molar-refractivity contribution in [3.05, 3.63) is 64.7 Å². The van der Waals surface area contributed by atoms with Crippen molar-refractivity contribution in [2.75, 3.05) is 17.1 Å². The number of amides is 1. The fraction of sp³-hybridized carbons (Fsp3) is 0.350. The first-order valence-electron chi connectivity index (χ1n) is 8.57. The van der Waals surface area contributed by atoms with Gasteiger partial charge in [0.05, 0.1) is 11.9 Å². The fourth-order valence-corrected chi connectivity index (χ4v) is 4.02. The predicted molar refractivity (Wildman–Crippen MR) is 111 cm³/mol. The number of sulfonamides is 1. The zero-order valence-electron chi connectivity index (χ0n) is 16.0. The molecule has 2 aromatic rings. The van der Waals surface area contributed by atoms with E-state index < -0.39 is 15.6 Å². The van der Waals surface area contributed by atoms with Gasteiger partial charge in [-0.2, -0.15) is 0 Å². The number of carbonyl (C=O) groups excluding carboxylic acids is 1. The number of hydrogen-bond acceptors (Lipinski definition) is 3. The average Bonchev–Trinajstić information content (AvgIpc) is 2.54. The highest BCUT2D eigenvalue weighted by Crippen LogP contribution is 2.28. The van der Waals surface area contributed by atoms with E-state index in [1.54, 1.807) is 25.1 Å². The molecular weight excluding hydrogens is 384 g/mol. The van der Waals surface area contributed by atoms with Gasteiger partial charge in [-0.15, -0.1) is 0 Å². The van der Waals surface area contributed by atoms with Crippen LogP contribution in [0.25, 0.3) is 0 Å². The third-order valence-electron chi connectivity index (χ3n) is 4.16. The van der Waals surface area contributed by atoms with Gasteiger partial charge in [0, 0.05) is 10.6 Å². The molecule has 0 aliphatic carbocycles. The number of anilines is 1. The van der Waals surface area contributed by atoms with Crippen LogP contribution in [0.1, 0.15) is 25.0 Å². The summed E-state index contributed by atoms with van der Waals surface area (Å²) in [6.45, 7) is 5.24. The van der Waals surface area contributed by atoms with Gasteiger partial charge in [-0.3, -0.25) is 9.10 Å². The average molecular weight is 409 g/mol. The maximum atomic E-state index is 12.6. The molecule has 146 valence electrons. The predicted octanol–water partition coefficient (Wildman–Crippen LogP) is 3.55. The van der Waals surface area contributed by atoms with Crippen molar-refractivity contribution in [3.8, 4) is 0 Å². The van der Waals surface area contributed by atoms with Crippen LogP contribution in [0, 0.1) is 6.92 Å². The van der Waals surface area contributed by atoms with Crippen LogP contribution in [-0.2, 0) is 21.2 Å². The lowest BCUT2D eigenvalue weighted by atomic mass is 9.95. The molecule has 7 heteroatoms. The lowest BCUT2D eigenvalue weighted by Gasteiger charge is -2.29. The molecule has 0 fully saturated rings. The number of nitrogens with one attached hydrogen (secondary N) is 1. The normalized spacial score (nSPS) is 11.9. The van der Waals surface area contributed by atoms with Crippen LogP contribution >= 0.6 is 11.6 Å². The summed E-state index contributed by atoms with van der Waals surface area (Å²) < 4.78 is 25.7. The Balaban J connectivity index is 2.18. The summed E-state index contributed by atoms with van der Waals surface area (Å²) >= 11 is 6.12. The molecule has 2 aromatic carbocycles. The summed E-state index contributed by atoms with van der Waals surface area (Å²) in [6.07, 6.45) is 1.71. The van der Waals surface area contributed by atoms with E-state index in [1.165, 1.54) is 0 Å². The first-order valence-corrected chi connectivity index (χ1v) is 10.8. The van der Waals surface area contributed by atoms with E-state index >= 15 is 0 Å². The Hall–Kier alpha value is -2.05. The maximum absolute atomic E-state index is 12.6. The lowest BCUT2D eigenvalue weighted by Crippen LogP contribution is -2.50. The Morgan fingerprint density at radius 3 is 2.33 bits per heavy atom. The Morgan fingerprint density at radius 1 is 1.11 bits per heavy atom. The number of rotatable bonds is 7. The van der Waals surface area contributed by atoms with Crippen molar-refractivity contribution in [3.63, 3.8) is 0 Å². The number of benzene rings is 2. The second-order valence-electron chi connectivity index (χ2n) is 7.25. The minimum absolute atomic E-state index is 0.307. The molecule has 0 saturated heterocycles. The second kappa shape index (κ2) is 8.31. The SMILES string of the molecule is Cc1c(Cl)cccc1N(CC(=O)NC(C)(C)Cc1ccccc1)S(C)(=O)=O. The summed E-state index contributed by atoms with van der Waals surface area (Å²) in [6, 6.07) is 14.8. The van der Waals surface area contributed by atoms with Crippen molar-refractivity contribution in [1.82, 2.24) is 5.32 Å². The molecule has 27 heavy (non-hydrogen) atoms. The fourth-order valence-electron chi connectivity index (χ4n) is 2.95. The molecule has 0 heterocycles. The van der Waals surface area contributed by atoms with Gasteiger partial charge in [-0.1, -0.05) is 48.0 Å². The number of hydrogen-bond donors (Lipinski definition) is 1. The molecule has 0 saturated carbocycles. The smallest absolute Gasteiger partial charge is 0.241 e. The van der Waals surface area contributed by atoms with Crippen molar-refractivity contribution >= 4 is 33.2 Å². The Bertz CT molecular complexity index is 912. The van der Waals surface area contributed by atoms with Crippen LogP contribution < -0.4 is 9.62 Å². The van der Waals surface area contributed by atoms with E-state index in [0.29, 0.717) is 22.7 Å². The lowest BCUT2D eigenvalue weighted by molar-refractivity contribution is -0.121. The molecule has 5 nitrogen and oxygen atoms in total. The third kappa shape index (κ3) is 5.97. The van der Waals surface area contributed by atoms with E-state index in [9.17, 15) is 13.2 Å². The zero-order chi connectivity index (χ0) is 20.2. The Labute approximate surface area is 166 Å². The van der Waals surface area contributed by atoms with Crippen LogP contribution in [0.3, 0.4) is 0 Å². The number of carbonyl (C=O) groups is 1. The van der Waals surface area contributed by atoms with Crippen molar-refractivity contribution in [2.45, 2.75) is 32.7 Å². The summed E-state index contributed by atoms with van der Waals surface area (Å²) in [4.78, 5) is 12.6. The molecule has 0 radical (unpaired) electrons. The first kappa shape index (κ1) is 21.3. The molecule has 0 bridgehead atoms. The van der Waals surface area contributed by atoms with Gasteiger partial charge < -0.3 is 5.32 Å². The molecule has 0 atom stereocenters. The molecule has 1 N–H and O–H groups in total. The van der Waals surface area contributed by atoms with Crippen LogP contribution in [0.15, 0.2) is 48.5 Å². The number of halogens is 1. The molecule has 0 unspecified atom stereocenters. The molecule has 0 aliphatic heterocycles. The van der Waals surface area contributed by atoms with Crippen molar-refractivity contribution in [2.24, 2.45) is 0 Å². The minimum atomic E-state index is -3.65. The van der Waals surface area contributed by atoms with Crippen molar-refractivity contribution < 1.29 is 13.2 Å². The van der Waals surface area contributed by atoms with E-state index in [0.717, 1.165) is 16.1 Å². The van der Waals surface area contributed by atoms with E-state index in [1.807, 2.05) is 44.2 Å². The summed E-state index contributed by atoms with van der Waals surface area (Å²) in [5.74, 6) is -0.374. The van der Waals surface area contributed by atoms with Gasteiger partial charge in [-0.25, -0.2) is 8.42 Å². The van der Waals surface area contributed by atoms with Gasteiger partial charge in [0.1, 0.15) is 6.54 Å². The third-order valence-corrected chi connectivity index (χ3v) is 5.70. The quantitative estimate of drug-likeness (QED) is 0.761. The van der Waals surface area contributed by atoms with Crippen molar-refractivity contribution in [1.29, 1.82) is 0 Å². The zero-order valence-corrected chi connectivity index (χ0v) is 17.6. The topological polar surface area (TPSA) is 66.5 Å². The molecule has 0 aliphatic rings. The molecule has 1 amide bonds. The molecule has 0 aromatic heterocycles. The minimum Gasteiger partial charge on any atom is -0.349 e. The van der Waals surface area contributed by atoms with Gasteiger partial charge in [0.15, 0.2) is 0 Å². The van der Waals surface area contributed by atoms with Crippen LogP contribution in [0.2, 0.25) is 5.02 Å². The highest BCUT2D eigenvalue weighted by Gasteiger charge is 2.26. The first-order chi connectivity index (χ1) is 12.5. The monoisotopic (exact) mass is 408 g/mol. The summed E-state index contributed by atoms with van der Waals surface area (Å²) in [7, 11) is -3.65. The van der Waals surface area contributed by atoms with E-state index in [2.05, 4.69) is 5.32 Å². The Kier molecular flexibility index (Phi) is 6.54. The van der Waals surface area contributed by atoms with Gasteiger partial charge in [-0.05, 0) is 50.5 Å². The molecule has 0 spiro atoms. The Morgan fingerprint density at radius 2 is 1.74 bits per heavy atom. The van der Waals surface area contributed by atoms with E-state index in [4.69, 9.17) is 11.6 Å². The second-order valence-corrected chi connectivity index (χ2v) is 9.56. The van der Waals surface area contributed by atoms with Crippen LogP contribution in [-0.4, -0.2) is 32.7 Å². The standard InChI is InChI=1S/C20H25ClN2O3S/c1-15-17(21)11-8-12-18(15)23(27(4,25)26)14-19(24)22-20(2,3)13-16-9-6-5-7-10-16/h5-12H,13-14H2,1-4H3,(H,22,24).